The van der Waals surface area contributed by atoms with Gasteiger partial charge in [0.25, 0.3) is 10.0 Å². The van der Waals surface area contributed by atoms with E-state index in [4.69, 9.17) is 9.74 Å². The Balaban J connectivity index is 2.00. The third-order valence-corrected chi connectivity index (χ3v) is 6.35. The zero-order chi connectivity index (χ0) is 23.6. The van der Waals surface area contributed by atoms with Gasteiger partial charge in [-0.3, -0.25) is 0 Å². The Kier molecular flexibility index (Phi) is 10.1. The summed E-state index contributed by atoms with van der Waals surface area (Å²) >= 11 is 4.26. The standard InChI is InChI=1S/C16H21BrFN7O5S2/c1-2-32(28,29)25-16(19-5-7-26)20-6-8-31-15-13(23-30-24-15)14(22-27)21-10-3-4-12(18)11(17)9-10/h3-4,9,26-27H,2,5-8H2,1H3,(H,21,22)(H2,19,20,25). The summed E-state index contributed by atoms with van der Waals surface area (Å²) in [6.07, 6.45) is 0. The first-order chi connectivity index (χ1) is 15.3. The predicted octanol–water partition coefficient (Wildman–Crippen LogP) is 1.19. The fourth-order valence-corrected chi connectivity index (χ4v) is 3.75. The van der Waals surface area contributed by atoms with Crippen LogP contribution in [-0.2, 0) is 10.0 Å². The van der Waals surface area contributed by atoms with Crippen molar-refractivity contribution < 1.29 is 27.8 Å². The van der Waals surface area contributed by atoms with Gasteiger partial charge in [0.2, 0.25) is 11.8 Å². The number of aromatic nitrogens is 2. The van der Waals surface area contributed by atoms with Crippen LogP contribution in [-0.4, -0.2) is 72.0 Å². The van der Waals surface area contributed by atoms with Gasteiger partial charge in [-0.1, -0.05) is 16.9 Å². The molecule has 5 N–H and O–H groups in total. The topological polar surface area (TPSA) is 174 Å². The van der Waals surface area contributed by atoms with Crippen molar-refractivity contribution in [3.8, 4) is 0 Å². The number of rotatable bonds is 10. The monoisotopic (exact) mass is 553 g/mol. The van der Waals surface area contributed by atoms with Gasteiger partial charge in [0.15, 0.2) is 10.7 Å². The Morgan fingerprint density at radius 1 is 1.31 bits per heavy atom. The van der Waals surface area contributed by atoms with E-state index in [0.29, 0.717) is 16.5 Å². The molecule has 0 radical (unpaired) electrons. The maximum atomic E-state index is 13.4. The zero-order valence-electron chi connectivity index (χ0n) is 16.7. The first-order valence-corrected chi connectivity index (χ1v) is 12.5. The number of hydrogen-bond donors (Lipinski definition) is 5. The first kappa shape index (κ1) is 25.8. The third-order valence-electron chi connectivity index (χ3n) is 3.60. The number of nitrogens with one attached hydrogen (secondary N) is 3. The number of anilines is 1. The number of benzene rings is 1. The molecule has 2 aromatic rings. The van der Waals surface area contributed by atoms with Crippen molar-refractivity contribution in [1.82, 2.24) is 20.9 Å². The van der Waals surface area contributed by atoms with Gasteiger partial charge in [-0.2, -0.15) is 0 Å². The molecule has 1 aromatic heterocycles. The second-order valence-electron chi connectivity index (χ2n) is 5.86. The fraction of sp³-hybridized carbons (Fsp3) is 0.375. The Hall–Kier alpha value is -2.43. The second-order valence-corrected chi connectivity index (χ2v) is 9.72. The normalized spacial score (nSPS) is 12.6. The predicted molar refractivity (Wildman–Crippen MR) is 121 cm³/mol. The van der Waals surface area contributed by atoms with Crippen LogP contribution in [0.4, 0.5) is 10.1 Å². The minimum Gasteiger partial charge on any atom is -0.409 e. The molecule has 2 rings (SSSR count). The number of aliphatic hydroxyl groups is 1. The molecule has 0 bridgehead atoms. The highest BCUT2D eigenvalue weighted by molar-refractivity contribution is 9.10. The summed E-state index contributed by atoms with van der Waals surface area (Å²) in [6, 6.07) is 4.13. The SMILES string of the molecule is CCS(=O)(=O)/N=C(\NCCO)NCCSc1nonc1/C(=N/O)Nc1ccc(F)c(Br)c1. The van der Waals surface area contributed by atoms with Crippen LogP contribution < -0.4 is 16.0 Å². The maximum Gasteiger partial charge on any atom is 0.256 e. The minimum absolute atomic E-state index is 0.0150. The lowest BCUT2D eigenvalue weighted by atomic mass is 10.3. The van der Waals surface area contributed by atoms with Gasteiger partial charge in [-0.15, -0.1) is 4.40 Å². The Labute approximate surface area is 195 Å². The number of halogens is 2. The van der Waals surface area contributed by atoms with E-state index in [0.717, 1.165) is 0 Å². The quantitative estimate of drug-likeness (QED) is 0.0713. The zero-order valence-corrected chi connectivity index (χ0v) is 20.0. The van der Waals surface area contributed by atoms with Crippen LogP contribution in [0.1, 0.15) is 12.6 Å². The molecule has 0 saturated heterocycles. The number of aliphatic hydroxyl groups excluding tert-OH is 1. The van der Waals surface area contributed by atoms with Gasteiger partial charge < -0.3 is 26.3 Å². The Bertz CT molecular complexity index is 1060. The van der Waals surface area contributed by atoms with E-state index in [9.17, 15) is 18.0 Å². The van der Waals surface area contributed by atoms with Gasteiger partial charge in [-0.05, 0) is 51.4 Å². The van der Waals surface area contributed by atoms with Crippen molar-refractivity contribution in [2.45, 2.75) is 11.9 Å². The lowest BCUT2D eigenvalue weighted by molar-refractivity contribution is 0.297. The molecule has 12 nitrogen and oxygen atoms in total. The molecule has 32 heavy (non-hydrogen) atoms. The van der Waals surface area contributed by atoms with Gasteiger partial charge in [-0.25, -0.2) is 17.4 Å². The maximum absolute atomic E-state index is 13.4. The highest BCUT2D eigenvalue weighted by Gasteiger charge is 2.18. The third kappa shape index (κ3) is 7.92. The van der Waals surface area contributed by atoms with Crippen molar-refractivity contribution in [2.24, 2.45) is 9.55 Å². The Morgan fingerprint density at radius 3 is 2.72 bits per heavy atom. The van der Waals surface area contributed by atoms with E-state index in [1.807, 2.05) is 0 Å². The van der Waals surface area contributed by atoms with Crippen molar-refractivity contribution >= 4 is 55.2 Å². The van der Waals surface area contributed by atoms with Crippen molar-refractivity contribution in [3.63, 3.8) is 0 Å². The highest BCUT2D eigenvalue weighted by Crippen LogP contribution is 2.23. The molecular weight excluding hydrogens is 533 g/mol. The first-order valence-electron chi connectivity index (χ1n) is 9.10. The summed E-state index contributed by atoms with van der Waals surface area (Å²) in [5.41, 5.74) is 0.554. The second kappa shape index (κ2) is 12.6. The largest absolute Gasteiger partial charge is 0.409 e. The van der Waals surface area contributed by atoms with E-state index in [1.165, 1.54) is 36.9 Å². The molecule has 0 fully saturated rings. The molecule has 0 aliphatic rings. The summed E-state index contributed by atoms with van der Waals surface area (Å²) in [5.74, 6) is -0.285. The molecule has 0 aliphatic heterocycles. The van der Waals surface area contributed by atoms with Crippen molar-refractivity contribution in [2.75, 3.05) is 36.5 Å². The van der Waals surface area contributed by atoms with E-state index in [1.54, 1.807) is 0 Å². The van der Waals surface area contributed by atoms with Gasteiger partial charge in [0.1, 0.15) is 5.82 Å². The van der Waals surface area contributed by atoms with Crippen LogP contribution in [0.2, 0.25) is 0 Å². The number of nitrogens with zero attached hydrogens (tertiary/aromatic N) is 4. The van der Waals surface area contributed by atoms with E-state index < -0.39 is 15.8 Å². The molecule has 0 unspecified atom stereocenters. The number of thioether (sulfide) groups is 1. The molecule has 0 amide bonds. The van der Waals surface area contributed by atoms with E-state index in [-0.39, 0.29) is 47.4 Å². The molecule has 0 atom stereocenters. The highest BCUT2D eigenvalue weighted by atomic mass is 79.9. The van der Waals surface area contributed by atoms with Gasteiger partial charge in [0.05, 0.1) is 16.8 Å². The molecule has 1 aromatic carbocycles. The molecule has 16 heteroatoms. The molecule has 176 valence electrons. The average Bonchev–Trinajstić information content (AvgIpc) is 3.23. The smallest absolute Gasteiger partial charge is 0.256 e. The average molecular weight is 554 g/mol. The number of sulfonamides is 1. The van der Waals surface area contributed by atoms with Crippen molar-refractivity contribution in [3.05, 3.63) is 34.2 Å². The molecule has 0 aliphatic carbocycles. The van der Waals surface area contributed by atoms with Crippen LogP contribution in [0.25, 0.3) is 0 Å². The number of guanidine groups is 1. The van der Waals surface area contributed by atoms with Crippen LogP contribution in [0, 0.1) is 5.82 Å². The summed E-state index contributed by atoms with van der Waals surface area (Å²) in [7, 11) is -3.63. The van der Waals surface area contributed by atoms with Gasteiger partial charge in [0, 0.05) is 24.5 Å². The van der Waals surface area contributed by atoms with Crippen LogP contribution in [0.15, 0.2) is 41.9 Å². The van der Waals surface area contributed by atoms with Crippen molar-refractivity contribution in [1.29, 1.82) is 0 Å². The van der Waals surface area contributed by atoms with Crippen LogP contribution in [0.5, 0.6) is 0 Å². The summed E-state index contributed by atoms with van der Waals surface area (Å²) < 4.78 is 45.4. The van der Waals surface area contributed by atoms with Crippen LogP contribution in [0.3, 0.4) is 0 Å². The number of amidine groups is 1. The summed E-state index contributed by atoms with van der Waals surface area (Å²) in [5, 5.41) is 37.6. The molecule has 1 heterocycles. The Morgan fingerprint density at radius 2 is 2.06 bits per heavy atom. The fourth-order valence-electron chi connectivity index (χ4n) is 2.08. The number of oxime groups is 1. The molecule has 0 saturated carbocycles. The molecular formula is C16H21BrFN7O5S2. The lowest BCUT2D eigenvalue weighted by Gasteiger charge is -2.11. The summed E-state index contributed by atoms with van der Waals surface area (Å²) in [6.45, 7) is 1.67. The number of hydrogen-bond acceptors (Lipinski definition) is 9. The minimum atomic E-state index is -3.63. The lowest BCUT2D eigenvalue weighted by Crippen LogP contribution is -2.40. The summed E-state index contributed by atoms with van der Waals surface area (Å²) in [4.78, 5) is 0. The van der Waals surface area contributed by atoms with E-state index in [2.05, 4.69) is 51.7 Å². The molecule has 0 spiro atoms. The van der Waals surface area contributed by atoms with E-state index >= 15 is 0 Å². The van der Waals surface area contributed by atoms with Gasteiger partial charge >= 0.3 is 0 Å². The van der Waals surface area contributed by atoms with Crippen LogP contribution >= 0.6 is 27.7 Å².